The first-order valence-corrected chi connectivity index (χ1v) is 16.2. The lowest BCUT2D eigenvalue weighted by molar-refractivity contribution is 1.18. The van der Waals surface area contributed by atoms with Crippen molar-refractivity contribution in [1.29, 1.82) is 5.41 Å². The molecule has 2 heterocycles. The van der Waals surface area contributed by atoms with Crippen molar-refractivity contribution in [2.24, 2.45) is 9.98 Å². The number of rotatable bonds is 5. The molecule has 0 radical (unpaired) electrons. The van der Waals surface area contributed by atoms with Gasteiger partial charge in [-0.2, -0.15) is 0 Å². The average molecular weight is 648 g/mol. The van der Waals surface area contributed by atoms with Gasteiger partial charge in [0, 0.05) is 38.4 Å². The lowest BCUT2D eigenvalue weighted by atomic mass is 10.0. The van der Waals surface area contributed by atoms with Gasteiger partial charge in [0.25, 0.3) is 0 Å². The Morgan fingerprint density at radius 1 is 0.540 bits per heavy atom. The molecule has 2 aromatic heterocycles. The highest BCUT2D eigenvalue weighted by Crippen LogP contribution is 2.34. The van der Waals surface area contributed by atoms with Crippen molar-refractivity contribution in [3.8, 4) is 16.8 Å². The summed E-state index contributed by atoms with van der Waals surface area (Å²) < 4.78 is 56.2. The SMILES string of the molecule is [2H]c1cc([2H])c2c(c1[2H])c1c([2H])c([2H])cc([2H])c1n2-c1cc(C(=N)N=C(N=Cn2c3ccccc3c3ccccc32)c2ccccc2)cc(-c2ccccc2)c1. The van der Waals surface area contributed by atoms with Gasteiger partial charge in [-0.05, 0) is 53.5 Å². The summed E-state index contributed by atoms with van der Waals surface area (Å²) in [5.74, 6) is 0.219. The van der Waals surface area contributed by atoms with Crippen molar-refractivity contribution in [2.75, 3.05) is 0 Å². The Bertz CT molecular complexity index is 2990. The first kappa shape index (κ1) is 23.5. The van der Waals surface area contributed by atoms with E-state index in [9.17, 15) is 5.41 Å². The van der Waals surface area contributed by atoms with Gasteiger partial charge >= 0.3 is 0 Å². The van der Waals surface area contributed by atoms with Gasteiger partial charge in [-0.25, -0.2) is 9.98 Å². The van der Waals surface area contributed by atoms with Crippen LogP contribution in [0.1, 0.15) is 19.4 Å². The third kappa shape index (κ3) is 5.09. The van der Waals surface area contributed by atoms with E-state index in [4.69, 9.17) is 18.2 Å². The number of hydrogen-bond acceptors (Lipinski definition) is 1. The molecule has 50 heavy (non-hydrogen) atoms. The molecule has 0 atom stereocenters. The summed E-state index contributed by atoms with van der Waals surface area (Å²) in [4.78, 5) is 9.75. The zero-order valence-corrected chi connectivity index (χ0v) is 26.6. The third-order valence-corrected chi connectivity index (χ3v) is 8.85. The molecule has 9 aromatic rings. The van der Waals surface area contributed by atoms with Crippen LogP contribution in [0.3, 0.4) is 0 Å². The minimum absolute atomic E-state index is 0.0620. The summed E-state index contributed by atoms with van der Waals surface area (Å²) in [5, 5.41) is 12.0. The molecule has 7 aromatic carbocycles. The van der Waals surface area contributed by atoms with Gasteiger partial charge < -0.3 is 4.57 Å². The predicted octanol–water partition coefficient (Wildman–Crippen LogP) is 10.9. The fourth-order valence-corrected chi connectivity index (χ4v) is 6.56. The van der Waals surface area contributed by atoms with Crippen LogP contribution in [-0.4, -0.2) is 27.1 Å². The van der Waals surface area contributed by atoms with Gasteiger partial charge in [0.05, 0.1) is 30.3 Å². The van der Waals surface area contributed by atoms with E-state index in [0.29, 0.717) is 22.6 Å². The number of aromatic nitrogens is 2. The molecule has 5 heteroatoms. The van der Waals surface area contributed by atoms with E-state index < -0.39 is 0 Å². The van der Waals surface area contributed by atoms with Gasteiger partial charge in [-0.1, -0.05) is 133 Å². The van der Waals surface area contributed by atoms with Gasteiger partial charge in [0.2, 0.25) is 0 Å². The van der Waals surface area contributed by atoms with Crippen LogP contribution in [0, 0.1) is 5.41 Å². The molecule has 0 aliphatic rings. The lowest BCUT2D eigenvalue weighted by Crippen LogP contribution is -2.07. The molecule has 0 fully saturated rings. The van der Waals surface area contributed by atoms with Gasteiger partial charge in [0.15, 0.2) is 11.7 Å². The Kier molecular flexibility index (Phi) is 5.78. The number of aliphatic imine (C=N–C) groups is 2. The monoisotopic (exact) mass is 647 g/mol. The Morgan fingerprint density at radius 3 is 1.76 bits per heavy atom. The van der Waals surface area contributed by atoms with Crippen LogP contribution in [0.15, 0.2) is 186 Å². The Morgan fingerprint density at radius 2 is 1.12 bits per heavy atom. The normalized spacial score (nSPS) is 13.8. The van der Waals surface area contributed by atoms with E-state index >= 15 is 0 Å². The minimum atomic E-state index is -0.191. The van der Waals surface area contributed by atoms with Crippen LogP contribution < -0.4 is 0 Å². The van der Waals surface area contributed by atoms with E-state index in [1.807, 2.05) is 114 Å². The molecular weight excluding hydrogens is 611 g/mol. The van der Waals surface area contributed by atoms with Crippen LogP contribution >= 0.6 is 0 Å². The Labute approximate surface area is 297 Å². The molecule has 5 nitrogen and oxygen atoms in total. The summed E-state index contributed by atoms with van der Waals surface area (Å²) in [6.45, 7) is 0. The summed E-state index contributed by atoms with van der Waals surface area (Å²) in [7, 11) is 0. The highest BCUT2D eigenvalue weighted by molar-refractivity contribution is 6.16. The highest BCUT2D eigenvalue weighted by Gasteiger charge is 2.16. The molecule has 236 valence electrons. The molecule has 0 saturated heterocycles. The second kappa shape index (κ2) is 12.3. The predicted molar refractivity (Wildman–Crippen MR) is 209 cm³/mol. The van der Waals surface area contributed by atoms with Crippen molar-refractivity contribution in [2.45, 2.75) is 0 Å². The second-order valence-corrected chi connectivity index (χ2v) is 11.8. The maximum atomic E-state index is 9.48. The van der Waals surface area contributed by atoms with E-state index in [-0.39, 0.29) is 63.9 Å². The third-order valence-electron chi connectivity index (χ3n) is 8.85. The van der Waals surface area contributed by atoms with Crippen molar-refractivity contribution < 1.29 is 8.22 Å². The molecule has 0 bridgehead atoms. The fraction of sp³-hybridized carbons (Fsp3) is 0. The van der Waals surface area contributed by atoms with Crippen LogP contribution in [0.4, 0.5) is 0 Å². The summed E-state index contributed by atoms with van der Waals surface area (Å²) >= 11 is 0. The Hall–Kier alpha value is -6.85. The van der Waals surface area contributed by atoms with E-state index in [0.717, 1.165) is 32.9 Å². The molecule has 0 unspecified atom stereocenters. The van der Waals surface area contributed by atoms with E-state index in [1.54, 1.807) is 17.0 Å². The van der Waals surface area contributed by atoms with E-state index in [1.165, 1.54) is 12.1 Å². The quantitative estimate of drug-likeness (QED) is 0.143. The minimum Gasteiger partial charge on any atom is -0.309 e. The Balaban J connectivity index is 1.27. The molecule has 0 spiro atoms. The lowest BCUT2D eigenvalue weighted by Gasteiger charge is -2.13. The standard InChI is InChI=1S/C45H31N5/c46-44(48-45(32-17-5-2-6-18-32)47-30-49-40-23-11-7-19-36(40)37-20-8-12-24-41(37)49)34-27-33(31-15-3-1-4-16-31)28-35(29-34)50-42-25-13-9-21-38(42)39-22-10-14-26-43(39)50/h1-30,46H/i9D,10D,21D,22D,25D,26D. The van der Waals surface area contributed by atoms with Crippen LogP contribution in [0.5, 0.6) is 0 Å². The summed E-state index contributed by atoms with van der Waals surface area (Å²) in [6, 6.07) is 42.5. The van der Waals surface area contributed by atoms with Crippen molar-refractivity contribution in [3.63, 3.8) is 0 Å². The van der Waals surface area contributed by atoms with Crippen molar-refractivity contribution in [3.05, 3.63) is 187 Å². The number of para-hydroxylation sites is 4. The molecule has 1 N–H and O–H groups in total. The highest BCUT2D eigenvalue weighted by atomic mass is 15.1. The maximum absolute atomic E-state index is 9.48. The van der Waals surface area contributed by atoms with Crippen LogP contribution in [0.25, 0.3) is 60.4 Å². The first-order chi connectivity index (χ1) is 27.2. The number of amidine groups is 2. The number of nitrogens with one attached hydrogen (secondary N) is 1. The second-order valence-electron chi connectivity index (χ2n) is 11.8. The average Bonchev–Trinajstić information content (AvgIpc) is 3.76. The number of hydrogen-bond donors (Lipinski definition) is 1. The molecule has 0 aliphatic heterocycles. The van der Waals surface area contributed by atoms with Gasteiger partial charge in [-0.3, -0.25) is 9.98 Å². The zero-order valence-electron chi connectivity index (χ0n) is 32.6. The van der Waals surface area contributed by atoms with Gasteiger partial charge in [-0.15, -0.1) is 0 Å². The molecule has 0 amide bonds. The molecule has 0 saturated carbocycles. The topological polar surface area (TPSA) is 58.4 Å². The summed E-state index contributed by atoms with van der Waals surface area (Å²) in [5.41, 5.74) is 5.60. The molecular formula is C45H31N5. The van der Waals surface area contributed by atoms with E-state index in [2.05, 4.69) is 12.1 Å². The van der Waals surface area contributed by atoms with Crippen molar-refractivity contribution in [1.82, 2.24) is 9.13 Å². The maximum Gasteiger partial charge on any atom is 0.163 e. The number of benzene rings is 7. The zero-order chi connectivity index (χ0) is 38.7. The summed E-state index contributed by atoms with van der Waals surface area (Å²) in [6.07, 6.45) is 1.73. The number of fused-ring (bicyclic) bond motifs is 6. The fourth-order valence-electron chi connectivity index (χ4n) is 6.56. The van der Waals surface area contributed by atoms with Crippen LogP contribution in [0.2, 0.25) is 0 Å². The largest absolute Gasteiger partial charge is 0.309 e. The number of nitrogens with zero attached hydrogens (tertiary/aromatic N) is 4. The van der Waals surface area contributed by atoms with Gasteiger partial charge in [0.1, 0.15) is 6.34 Å². The molecule has 0 aliphatic carbocycles. The van der Waals surface area contributed by atoms with Crippen LogP contribution in [-0.2, 0) is 0 Å². The van der Waals surface area contributed by atoms with Crippen molar-refractivity contribution >= 4 is 61.6 Å². The first-order valence-electron chi connectivity index (χ1n) is 19.2. The smallest absolute Gasteiger partial charge is 0.163 e. The molecule has 9 rings (SSSR count).